The van der Waals surface area contributed by atoms with E-state index in [2.05, 4.69) is 16.0 Å². The van der Waals surface area contributed by atoms with Gasteiger partial charge in [0.2, 0.25) is 0 Å². The van der Waals surface area contributed by atoms with Crippen molar-refractivity contribution < 1.29 is 4.79 Å². The number of hydrogen-bond donors (Lipinski definition) is 3. The summed E-state index contributed by atoms with van der Waals surface area (Å²) in [5, 5.41) is 9.58. The number of nitrogens with zero attached hydrogens (tertiary/aromatic N) is 1. The van der Waals surface area contributed by atoms with E-state index in [1.54, 1.807) is 4.90 Å². The van der Waals surface area contributed by atoms with Gasteiger partial charge in [-0.25, -0.2) is 4.79 Å². The van der Waals surface area contributed by atoms with Gasteiger partial charge in [-0.3, -0.25) is 0 Å². The zero-order valence-corrected chi connectivity index (χ0v) is 9.68. The minimum atomic E-state index is 0.0346. The van der Waals surface area contributed by atoms with Crippen molar-refractivity contribution in [3.63, 3.8) is 0 Å². The Bertz CT molecular complexity index is 188. The van der Waals surface area contributed by atoms with E-state index in [9.17, 15) is 4.79 Å². The lowest BCUT2D eigenvalue weighted by atomic mass is 10.2. The molecule has 15 heavy (non-hydrogen) atoms. The zero-order valence-electron chi connectivity index (χ0n) is 9.68. The first-order valence-electron chi connectivity index (χ1n) is 5.74. The summed E-state index contributed by atoms with van der Waals surface area (Å²) in [5.41, 5.74) is 0. The van der Waals surface area contributed by atoms with Crippen LogP contribution in [0.3, 0.4) is 0 Å². The van der Waals surface area contributed by atoms with Crippen LogP contribution in [-0.2, 0) is 0 Å². The van der Waals surface area contributed by atoms with E-state index in [4.69, 9.17) is 0 Å². The number of amides is 2. The Hall–Kier alpha value is -0.810. The molecule has 2 amide bonds. The first-order chi connectivity index (χ1) is 7.27. The number of nitrogens with one attached hydrogen (secondary N) is 3. The Morgan fingerprint density at radius 2 is 2.13 bits per heavy atom. The van der Waals surface area contributed by atoms with Gasteiger partial charge in [-0.2, -0.15) is 0 Å². The third kappa shape index (κ3) is 4.05. The van der Waals surface area contributed by atoms with Crippen molar-refractivity contribution >= 4 is 6.03 Å². The molecule has 88 valence electrons. The Morgan fingerprint density at radius 1 is 1.40 bits per heavy atom. The molecule has 5 heteroatoms. The number of piperazine rings is 1. The maximum absolute atomic E-state index is 11.6. The smallest absolute Gasteiger partial charge is 0.317 e. The molecule has 1 rings (SSSR count). The van der Waals surface area contributed by atoms with Crippen molar-refractivity contribution in [2.75, 3.05) is 39.3 Å². The quantitative estimate of drug-likeness (QED) is 0.597. The van der Waals surface area contributed by atoms with Gasteiger partial charge in [-0.05, 0) is 13.8 Å². The van der Waals surface area contributed by atoms with Crippen LogP contribution in [0.2, 0.25) is 0 Å². The van der Waals surface area contributed by atoms with Crippen molar-refractivity contribution in [2.24, 2.45) is 0 Å². The van der Waals surface area contributed by atoms with Crippen LogP contribution in [0.4, 0.5) is 4.79 Å². The van der Waals surface area contributed by atoms with Crippen LogP contribution in [0.15, 0.2) is 0 Å². The molecule has 0 aromatic heterocycles. The van der Waals surface area contributed by atoms with Crippen molar-refractivity contribution in [2.45, 2.75) is 19.9 Å². The Balaban J connectivity index is 2.20. The molecule has 5 nitrogen and oxygen atoms in total. The minimum Gasteiger partial charge on any atom is -0.336 e. The lowest BCUT2D eigenvalue weighted by molar-refractivity contribution is 0.201. The van der Waals surface area contributed by atoms with Crippen molar-refractivity contribution in [1.29, 1.82) is 0 Å². The topological polar surface area (TPSA) is 56.4 Å². The van der Waals surface area contributed by atoms with Crippen molar-refractivity contribution in [1.82, 2.24) is 20.9 Å². The van der Waals surface area contributed by atoms with Crippen LogP contribution in [0, 0.1) is 0 Å². The number of hydrogen-bond acceptors (Lipinski definition) is 3. The highest BCUT2D eigenvalue weighted by Gasteiger charge is 2.14. The van der Waals surface area contributed by atoms with Crippen molar-refractivity contribution in [3.8, 4) is 0 Å². The lowest BCUT2D eigenvalue weighted by Gasteiger charge is -2.26. The summed E-state index contributed by atoms with van der Waals surface area (Å²) in [7, 11) is 0. The molecule has 0 aliphatic carbocycles. The second kappa shape index (κ2) is 6.63. The van der Waals surface area contributed by atoms with Gasteiger partial charge in [0.1, 0.15) is 0 Å². The van der Waals surface area contributed by atoms with Gasteiger partial charge in [0, 0.05) is 45.3 Å². The summed E-state index contributed by atoms with van der Waals surface area (Å²) in [4.78, 5) is 13.4. The normalized spacial score (nSPS) is 21.1. The van der Waals surface area contributed by atoms with E-state index in [1.807, 2.05) is 13.8 Å². The first-order valence-corrected chi connectivity index (χ1v) is 5.74. The molecule has 0 radical (unpaired) electrons. The highest BCUT2D eigenvalue weighted by Crippen LogP contribution is 1.90. The summed E-state index contributed by atoms with van der Waals surface area (Å²) in [6, 6.07) is 0.394. The molecule has 0 aromatic carbocycles. The zero-order chi connectivity index (χ0) is 11.1. The van der Waals surface area contributed by atoms with Gasteiger partial charge in [-0.15, -0.1) is 0 Å². The number of carbonyl (C=O) groups is 1. The Kier molecular flexibility index (Phi) is 5.42. The van der Waals surface area contributed by atoms with E-state index < -0.39 is 0 Å². The fourth-order valence-corrected chi connectivity index (χ4v) is 1.69. The molecule has 1 saturated heterocycles. The molecule has 0 aromatic rings. The van der Waals surface area contributed by atoms with Crippen LogP contribution in [-0.4, -0.2) is 56.2 Å². The van der Waals surface area contributed by atoms with E-state index in [0.29, 0.717) is 12.6 Å². The molecule has 1 heterocycles. The summed E-state index contributed by atoms with van der Waals surface area (Å²) < 4.78 is 0. The van der Waals surface area contributed by atoms with Crippen molar-refractivity contribution in [3.05, 3.63) is 0 Å². The second-order valence-corrected chi connectivity index (χ2v) is 3.71. The average Bonchev–Trinajstić information content (AvgIpc) is 2.29. The largest absolute Gasteiger partial charge is 0.336 e. The molecule has 0 spiro atoms. The van der Waals surface area contributed by atoms with Crippen LogP contribution < -0.4 is 16.0 Å². The maximum atomic E-state index is 11.6. The molecule has 1 aliphatic heterocycles. The molecule has 1 atom stereocenters. The highest BCUT2D eigenvalue weighted by atomic mass is 16.2. The summed E-state index contributed by atoms with van der Waals surface area (Å²) >= 11 is 0. The predicted octanol–water partition coefficient (Wildman–Crippen LogP) is -0.401. The molecule has 0 bridgehead atoms. The number of rotatable bonds is 4. The molecule has 1 aliphatic rings. The first kappa shape index (κ1) is 12.3. The fourth-order valence-electron chi connectivity index (χ4n) is 1.69. The van der Waals surface area contributed by atoms with E-state index in [1.165, 1.54) is 0 Å². The third-order valence-corrected chi connectivity index (χ3v) is 2.68. The molecule has 0 saturated carbocycles. The van der Waals surface area contributed by atoms with Gasteiger partial charge in [0.25, 0.3) is 0 Å². The molecular formula is C10H22N4O. The van der Waals surface area contributed by atoms with Gasteiger partial charge in [0.15, 0.2) is 0 Å². The summed E-state index contributed by atoms with van der Waals surface area (Å²) in [6.07, 6.45) is 0. The van der Waals surface area contributed by atoms with Gasteiger partial charge < -0.3 is 20.9 Å². The molecule has 1 unspecified atom stereocenters. The molecule has 3 N–H and O–H groups in total. The van der Waals surface area contributed by atoms with E-state index in [0.717, 1.165) is 32.7 Å². The van der Waals surface area contributed by atoms with E-state index >= 15 is 0 Å². The predicted molar refractivity (Wildman–Crippen MR) is 61.0 cm³/mol. The van der Waals surface area contributed by atoms with Crippen LogP contribution in [0.1, 0.15) is 13.8 Å². The Labute approximate surface area is 91.6 Å². The maximum Gasteiger partial charge on any atom is 0.317 e. The molecule has 1 fully saturated rings. The van der Waals surface area contributed by atoms with E-state index in [-0.39, 0.29) is 6.03 Å². The highest BCUT2D eigenvalue weighted by molar-refractivity contribution is 5.74. The van der Waals surface area contributed by atoms with Crippen LogP contribution in [0.25, 0.3) is 0 Å². The minimum absolute atomic E-state index is 0.0346. The standard InChI is InChI=1S/C10H22N4O/c1-3-14(4-2)10(15)13-8-9-7-11-5-6-12-9/h9,11-12H,3-8H2,1-2H3,(H,13,15). The summed E-state index contributed by atoms with van der Waals surface area (Å²) in [5.74, 6) is 0. The monoisotopic (exact) mass is 214 g/mol. The lowest BCUT2D eigenvalue weighted by Crippen LogP contribution is -2.54. The second-order valence-electron chi connectivity index (χ2n) is 3.71. The number of carbonyl (C=O) groups excluding carboxylic acids is 1. The molecular weight excluding hydrogens is 192 g/mol. The van der Waals surface area contributed by atoms with Gasteiger partial charge in [-0.1, -0.05) is 0 Å². The van der Waals surface area contributed by atoms with Crippen LogP contribution in [0.5, 0.6) is 0 Å². The number of urea groups is 1. The SMILES string of the molecule is CCN(CC)C(=O)NCC1CNCCN1. The third-order valence-electron chi connectivity index (χ3n) is 2.68. The van der Waals surface area contributed by atoms with Gasteiger partial charge in [0.05, 0.1) is 0 Å². The summed E-state index contributed by atoms with van der Waals surface area (Å²) in [6.45, 7) is 9.12. The average molecular weight is 214 g/mol. The van der Waals surface area contributed by atoms with Crippen LogP contribution >= 0.6 is 0 Å². The van der Waals surface area contributed by atoms with Gasteiger partial charge >= 0.3 is 6.03 Å². The Morgan fingerprint density at radius 3 is 2.67 bits per heavy atom. The fraction of sp³-hybridized carbons (Fsp3) is 0.900.